The molecule has 0 spiro atoms. The minimum absolute atomic E-state index is 0.563. The van der Waals surface area contributed by atoms with Crippen LogP contribution in [0.15, 0.2) is 200 Å². The highest BCUT2D eigenvalue weighted by atomic mass is 15.2. The van der Waals surface area contributed by atoms with Crippen LogP contribution in [0.4, 0.5) is 0 Å². The highest BCUT2D eigenvalue weighted by molar-refractivity contribution is 6.28. The summed E-state index contributed by atoms with van der Waals surface area (Å²) in [6, 6.07) is 70.3. The Kier molecular flexibility index (Phi) is 7.42. The van der Waals surface area contributed by atoms with Crippen LogP contribution in [0.3, 0.4) is 0 Å². The lowest BCUT2D eigenvalue weighted by Gasteiger charge is -2.13. The molecule has 5 heteroatoms. The van der Waals surface area contributed by atoms with Crippen molar-refractivity contribution < 1.29 is 0 Å². The molecule has 0 radical (unpaired) electrons. The minimum Gasteiger partial charge on any atom is -0.309 e. The van der Waals surface area contributed by atoms with Crippen molar-refractivity contribution in [2.45, 2.75) is 0 Å². The molecule has 0 aliphatic carbocycles. The second-order valence-corrected chi connectivity index (χ2v) is 14.0. The fourth-order valence-corrected chi connectivity index (χ4v) is 8.29. The molecule has 11 rings (SSSR count). The van der Waals surface area contributed by atoms with Crippen molar-refractivity contribution in [1.82, 2.24) is 24.1 Å². The Balaban J connectivity index is 1.26. The maximum absolute atomic E-state index is 5.31. The van der Waals surface area contributed by atoms with Crippen LogP contribution in [0.1, 0.15) is 0 Å². The first-order chi connectivity index (χ1) is 27.8. The predicted octanol–water partition coefficient (Wildman–Crippen LogP) is 12.7. The topological polar surface area (TPSA) is 48.5 Å². The summed E-state index contributed by atoms with van der Waals surface area (Å²) in [6.45, 7) is 0. The molecule has 0 fully saturated rings. The molecule has 8 aromatic carbocycles. The molecule has 56 heavy (non-hydrogen) atoms. The van der Waals surface area contributed by atoms with Crippen LogP contribution in [0.2, 0.25) is 0 Å². The van der Waals surface area contributed by atoms with E-state index in [4.69, 9.17) is 15.0 Å². The van der Waals surface area contributed by atoms with Gasteiger partial charge in [0, 0.05) is 43.9 Å². The van der Waals surface area contributed by atoms with Gasteiger partial charge in [-0.1, -0.05) is 170 Å². The molecule has 0 saturated carbocycles. The smallest absolute Gasteiger partial charge is 0.238 e. The zero-order valence-corrected chi connectivity index (χ0v) is 30.3. The number of nitrogens with zero attached hydrogens (tertiary/aromatic N) is 5. The highest BCUT2D eigenvalue weighted by Gasteiger charge is 2.25. The van der Waals surface area contributed by atoms with Gasteiger partial charge >= 0.3 is 0 Å². The van der Waals surface area contributed by atoms with E-state index in [0.717, 1.165) is 60.8 Å². The van der Waals surface area contributed by atoms with E-state index in [1.165, 1.54) is 21.9 Å². The van der Waals surface area contributed by atoms with Crippen molar-refractivity contribution in [2.75, 3.05) is 0 Å². The van der Waals surface area contributed by atoms with Crippen molar-refractivity contribution in [3.63, 3.8) is 0 Å². The van der Waals surface area contributed by atoms with Crippen molar-refractivity contribution in [2.24, 2.45) is 0 Å². The summed E-state index contributed by atoms with van der Waals surface area (Å²) >= 11 is 0. The van der Waals surface area contributed by atoms with Crippen LogP contribution in [-0.2, 0) is 0 Å². The molecule has 0 aliphatic heterocycles. The molecular weight excluding hydrogens is 683 g/mol. The minimum atomic E-state index is 0.563. The standard InChI is InChI=1S/C51H33N5/c1-5-17-34(18-6-1)35-29-31-38(32-30-35)50-52-49(37-21-9-3-10-22-37)53-51(54-50)56-43-28-16-14-26-41(43)48-45(56)33-44-47(46(48)36-19-7-2-8-20-36)40-25-13-15-27-42(40)55(44)39-23-11-4-12-24-39/h1-33H. The quantitative estimate of drug-likeness (QED) is 0.172. The molecule has 0 aliphatic rings. The summed E-state index contributed by atoms with van der Waals surface area (Å²) in [6.07, 6.45) is 0. The summed E-state index contributed by atoms with van der Waals surface area (Å²) in [5, 5.41) is 4.71. The number of para-hydroxylation sites is 3. The van der Waals surface area contributed by atoms with Gasteiger partial charge < -0.3 is 4.57 Å². The van der Waals surface area contributed by atoms with Gasteiger partial charge in [0.2, 0.25) is 5.95 Å². The number of rotatable bonds is 6. The normalized spacial score (nSPS) is 11.6. The molecule has 262 valence electrons. The van der Waals surface area contributed by atoms with E-state index in [0.29, 0.717) is 17.6 Å². The van der Waals surface area contributed by atoms with E-state index in [2.05, 4.69) is 185 Å². The first kappa shape index (κ1) is 31.9. The summed E-state index contributed by atoms with van der Waals surface area (Å²) in [4.78, 5) is 15.7. The van der Waals surface area contributed by atoms with Crippen LogP contribution in [0.25, 0.3) is 100 Å². The highest BCUT2D eigenvalue weighted by Crippen LogP contribution is 2.46. The Bertz CT molecular complexity index is 3200. The maximum atomic E-state index is 5.31. The largest absolute Gasteiger partial charge is 0.309 e. The van der Waals surface area contributed by atoms with Crippen LogP contribution in [0.5, 0.6) is 0 Å². The molecule has 3 aromatic heterocycles. The van der Waals surface area contributed by atoms with Gasteiger partial charge in [-0.15, -0.1) is 0 Å². The molecular formula is C51H33N5. The summed E-state index contributed by atoms with van der Waals surface area (Å²) in [7, 11) is 0. The molecule has 0 saturated heterocycles. The number of fused-ring (bicyclic) bond motifs is 6. The third-order valence-electron chi connectivity index (χ3n) is 10.8. The van der Waals surface area contributed by atoms with Gasteiger partial charge in [0.1, 0.15) is 0 Å². The van der Waals surface area contributed by atoms with E-state index in [1.807, 2.05) is 24.3 Å². The summed E-state index contributed by atoms with van der Waals surface area (Å²) in [5.74, 6) is 1.79. The van der Waals surface area contributed by atoms with Crippen molar-refractivity contribution >= 4 is 43.6 Å². The number of hydrogen-bond acceptors (Lipinski definition) is 3. The SMILES string of the molecule is c1ccc(-c2ccc(-c3nc(-c4ccccc4)nc(-n4c5ccccc5c5c(-c6ccccc6)c6c7ccccc7n(-c7ccccc7)c6cc54)n3)cc2)cc1. The molecule has 0 atom stereocenters. The maximum Gasteiger partial charge on any atom is 0.238 e. The van der Waals surface area contributed by atoms with Crippen LogP contribution in [-0.4, -0.2) is 24.1 Å². The molecule has 11 aromatic rings. The van der Waals surface area contributed by atoms with E-state index >= 15 is 0 Å². The number of hydrogen-bond donors (Lipinski definition) is 0. The van der Waals surface area contributed by atoms with Crippen LogP contribution < -0.4 is 0 Å². The Morgan fingerprint density at radius 2 is 0.714 bits per heavy atom. The Labute approximate surface area is 323 Å². The molecule has 5 nitrogen and oxygen atoms in total. The Hall–Kier alpha value is -7.63. The molecule has 0 amide bonds. The average molecular weight is 716 g/mol. The first-order valence-electron chi connectivity index (χ1n) is 18.9. The summed E-state index contributed by atoms with van der Waals surface area (Å²) < 4.78 is 4.63. The zero-order valence-electron chi connectivity index (χ0n) is 30.3. The average Bonchev–Trinajstić information content (AvgIpc) is 3.79. The van der Waals surface area contributed by atoms with Gasteiger partial charge in [-0.2, -0.15) is 9.97 Å². The van der Waals surface area contributed by atoms with Crippen molar-refractivity contribution in [3.8, 4) is 56.7 Å². The molecule has 0 N–H and O–H groups in total. The molecule has 0 bridgehead atoms. The third-order valence-corrected chi connectivity index (χ3v) is 10.8. The van der Waals surface area contributed by atoms with Gasteiger partial charge in [0.25, 0.3) is 0 Å². The Morgan fingerprint density at radius 1 is 0.304 bits per heavy atom. The fourth-order valence-electron chi connectivity index (χ4n) is 8.29. The first-order valence-corrected chi connectivity index (χ1v) is 18.9. The van der Waals surface area contributed by atoms with Crippen LogP contribution >= 0.6 is 0 Å². The van der Waals surface area contributed by atoms with Crippen molar-refractivity contribution in [3.05, 3.63) is 200 Å². The Morgan fingerprint density at radius 3 is 1.30 bits per heavy atom. The van der Waals surface area contributed by atoms with Gasteiger partial charge in [-0.05, 0) is 47.0 Å². The van der Waals surface area contributed by atoms with Gasteiger partial charge in [-0.3, -0.25) is 4.57 Å². The zero-order chi connectivity index (χ0) is 37.0. The fraction of sp³-hybridized carbons (Fsp3) is 0. The molecule has 0 unspecified atom stereocenters. The lowest BCUT2D eigenvalue weighted by atomic mass is 9.94. The lowest BCUT2D eigenvalue weighted by Crippen LogP contribution is -2.06. The van der Waals surface area contributed by atoms with Gasteiger partial charge in [-0.25, -0.2) is 4.98 Å². The molecule has 3 heterocycles. The predicted molar refractivity (Wildman–Crippen MR) is 230 cm³/mol. The van der Waals surface area contributed by atoms with Gasteiger partial charge in [0.05, 0.1) is 22.1 Å². The van der Waals surface area contributed by atoms with Crippen molar-refractivity contribution in [1.29, 1.82) is 0 Å². The number of aromatic nitrogens is 5. The van der Waals surface area contributed by atoms with Crippen LogP contribution in [0, 0.1) is 0 Å². The number of benzene rings is 8. The van der Waals surface area contributed by atoms with E-state index in [-0.39, 0.29) is 0 Å². The second-order valence-electron chi connectivity index (χ2n) is 14.0. The van der Waals surface area contributed by atoms with E-state index < -0.39 is 0 Å². The summed E-state index contributed by atoms with van der Waals surface area (Å²) in [5.41, 5.74) is 11.9. The second kappa shape index (κ2) is 13.0. The van der Waals surface area contributed by atoms with E-state index in [1.54, 1.807) is 0 Å². The lowest BCUT2D eigenvalue weighted by molar-refractivity contribution is 0.953. The van der Waals surface area contributed by atoms with E-state index in [9.17, 15) is 0 Å². The third kappa shape index (κ3) is 5.13. The monoisotopic (exact) mass is 715 g/mol. The van der Waals surface area contributed by atoms with Gasteiger partial charge in [0.15, 0.2) is 11.6 Å².